The average molecular weight is 344 g/mol. The number of benzene rings is 1. The van der Waals surface area contributed by atoms with E-state index < -0.39 is 10.0 Å². The molecule has 1 aromatic carbocycles. The molecule has 1 atom stereocenters. The molecule has 0 saturated heterocycles. The van der Waals surface area contributed by atoms with Gasteiger partial charge in [0.1, 0.15) is 11.6 Å². The van der Waals surface area contributed by atoms with Crippen LogP contribution in [0.3, 0.4) is 0 Å². The van der Waals surface area contributed by atoms with Gasteiger partial charge in [-0.05, 0) is 38.8 Å². The van der Waals surface area contributed by atoms with Gasteiger partial charge >= 0.3 is 0 Å². The van der Waals surface area contributed by atoms with E-state index in [0.29, 0.717) is 25.4 Å². The molecule has 1 aliphatic rings. The minimum absolute atomic E-state index is 0.112. The zero-order chi connectivity index (χ0) is 16.9. The number of halogens is 1. The van der Waals surface area contributed by atoms with Crippen LogP contribution in [0.4, 0.5) is 4.39 Å². The number of hydrogen-bond donors (Lipinski definition) is 1. The third-order valence-electron chi connectivity index (χ3n) is 4.13. The van der Waals surface area contributed by atoms with Gasteiger partial charge in [0.2, 0.25) is 10.0 Å². The van der Waals surface area contributed by atoms with Gasteiger partial charge in [0.05, 0.1) is 12.4 Å². The molecule has 23 heavy (non-hydrogen) atoms. The van der Waals surface area contributed by atoms with Gasteiger partial charge in [0.15, 0.2) is 0 Å². The van der Waals surface area contributed by atoms with Crippen LogP contribution in [-0.4, -0.2) is 45.2 Å². The van der Waals surface area contributed by atoms with E-state index in [1.807, 2.05) is 0 Å². The zero-order valence-electron chi connectivity index (χ0n) is 13.7. The summed E-state index contributed by atoms with van der Waals surface area (Å²) in [7, 11) is -1.51. The number of rotatable bonds is 7. The molecular weight excluding hydrogens is 319 g/mol. The summed E-state index contributed by atoms with van der Waals surface area (Å²) in [6.07, 6.45) is 2.55. The standard InChI is InChI=1S/C16H25FN2O3S/c1-3-23(20,21)19(2)10-5-9-18-15-6-4-11-22-16-12-13(17)7-8-14(15)16/h7-8,12,15,18H,3-6,9-11H2,1-2H3/t15-/m1/s1. The second-order valence-electron chi connectivity index (χ2n) is 5.76. The van der Waals surface area contributed by atoms with Gasteiger partial charge in [-0.1, -0.05) is 6.07 Å². The SMILES string of the molecule is CCS(=O)(=O)N(C)CCCN[C@@H]1CCCOc2cc(F)ccc21. The topological polar surface area (TPSA) is 58.6 Å². The van der Waals surface area contributed by atoms with Gasteiger partial charge in [-0.3, -0.25) is 0 Å². The number of sulfonamides is 1. The highest BCUT2D eigenvalue weighted by Gasteiger charge is 2.20. The number of hydrogen-bond acceptors (Lipinski definition) is 4. The Bertz CT molecular complexity index is 622. The molecule has 0 bridgehead atoms. The molecule has 7 heteroatoms. The molecule has 2 rings (SSSR count). The fraction of sp³-hybridized carbons (Fsp3) is 0.625. The Morgan fingerprint density at radius 1 is 1.43 bits per heavy atom. The second-order valence-corrected chi connectivity index (χ2v) is 8.12. The highest BCUT2D eigenvalue weighted by Crippen LogP contribution is 2.31. The molecule has 1 aliphatic heterocycles. The molecule has 0 aromatic heterocycles. The van der Waals surface area contributed by atoms with Crippen molar-refractivity contribution >= 4 is 10.0 Å². The van der Waals surface area contributed by atoms with Crippen LogP contribution in [-0.2, 0) is 10.0 Å². The van der Waals surface area contributed by atoms with Gasteiger partial charge in [-0.2, -0.15) is 0 Å². The third-order valence-corrected chi connectivity index (χ3v) is 5.99. The lowest BCUT2D eigenvalue weighted by atomic mass is 10.0. The Hall–Kier alpha value is -1.18. The van der Waals surface area contributed by atoms with Crippen molar-refractivity contribution < 1.29 is 17.5 Å². The van der Waals surface area contributed by atoms with Crippen molar-refractivity contribution in [2.24, 2.45) is 0 Å². The Balaban J connectivity index is 1.89. The maximum atomic E-state index is 13.3. The summed E-state index contributed by atoms with van der Waals surface area (Å²) in [5.74, 6) is 0.428. The lowest BCUT2D eigenvalue weighted by molar-refractivity contribution is 0.313. The highest BCUT2D eigenvalue weighted by molar-refractivity contribution is 7.89. The van der Waals surface area contributed by atoms with Crippen molar-refractivity contribution in [3.63, 3.8) is 0 Å². The van der Waals surface area contributed by atoms with Gasteiger partial charge < -0.3 is 10.1 Å². The predicted octanol–water partition coefficient (Wildman–Crippen LogP) is 2.30. The van der Waals surface area contributed by atoms with Gasteiger partial charge in [0, 0.05) is 31.3 Å². The summed E-state index contributed by atoms with van der Waals surface area (Å²) in [6, 6.07) is 4.75. The van der Waals surface area contributed by atoms with Gasteiger partial charge in [-0.15, -0.1) is 0 Å². The van der Waals surface area contributed by atoms with E-state index in [9.17, 15) is 12.8 Å². The summed E-state index contributed by atoms with van der Waals surface area (Å²) in [4.78, 5) is 0. The first-order chi connectivity index (χ1) is 10.9. The predicted molar refractivity (Wildman–Crippen MR) is 88.6 cm³/mol. The minimum atomic E-state index is -3.12. The first-order valence-corrected chi connectivity index (χ1v) is 9.64. The molecule has 1 N–H and O–H groups in total. The average Bonchev–Trinajstić information content (AvgIpc) is 2.73. The van der Waals surface area contributed by atoms with Crippen LogP contribution in [0.5, 0.6) is 5.75 Å². The van der Waals surface area contributed by atoms with Crippen molar-refractivity contribution in [3.8, 4) is 5.75 Å². The first-order valence-electron chi connectivity index (χ1n) is 8.03. The summed E-state index contributed by atoms with van der Waals surface area (Å²) in [5, 5.41) is 3.44. The third kappa shape index (κ3) is 4.89. The normalized spacial score (nSPS) is 18.3. The zero-order valence-corrected chi connectivity index (χ0v) is 14.5. The van der Waals surface area contributed by atoms with E-state index in [-0.39, 0.29) is 17.6 Å². The maximum absolute atomic E-state index is 13.3. The molecule has 0 aliphatic carbocycles. The second kappa shape index (κ2) is 8.08. The Kier molecular flexibility index (Phi) is 6.38. The van der Waals surface area contributed by atoms with Crippen molar-refractivity contribution in [1.82, 2.24) is 9.62 Å². The van der Waals surface area contributed by atoms with E-state index >= 15 is 0 Å². The number of nitrogens with zero attached hydrogens (tertiary/aromatic N) is 1. The summed E-state index contributed by atoms with van der Waals surface area (Å²) < 4.78 is 43.7. The Labute approximate surface area is 137 Å². The number of fused-ring (bicyclic) bond motifs is 1. The Morgan fingerprint density at radius 3 is 2.96 bits per heavy atom. The monoisotopic (exact) mass is 344 g/mol. The van der Waals surface area contributed by atoms with Crippen LogP contribution >= 0.6 is 0 Å². The molecule has 1 heterocycles. The molecule has 0 amide bonds. The van der Waals surface area contributed by atoms with Gasteiger partial charge in [0.25, 0.3) is 0 Å². The molecule has 0 fully saturated rings. The fourth-order valence-corrected chi connectivity index (χ4v) is 3.54. The maximum Gasteiger partial charge on any atom is 0.213 e. The van der Waals surface area contributed by atoms with Gasteiger partial charge in [-0.25, -0.2) is 17.1 Å². The molecule has 0 saturated carbocycles. The quantitative estimate of drug-likeness (QED) is 0.771. The smallest absolute Gasteiger partial charge is 0.213 e. The van der Waals surface area contributed by atoms with E-state index in [2.05, 4.69) is 5.32 Å². The van der Waals surface area contributed by atoms with Crippen LogP contribution in [0.2, 0.25) is 0 Å². The van der Waals surface area contributed by atoms with Crippen LogP contribution in [0.1, 0.15) is 37.8 Å². The van der Waals surface area contributed by atoms with Crippen LogP contribution in [0.15, 0.2) is 18.2 Å². The van der Waals surface area contributed by atoms with E-state index in [1.165, 1.54) is 16.4 Å². The molecular formula is C16H25FN2O3S. The molecule has 130 valence electrons. The van der Waals surface area contributed by atoms with Crippen molar-refractivity contribution in [1.29, 1.82) is 0 Å². The number of ether oxygens (including phenoxy) is 1. The molecule has 0 unspecified atom stereocenters. The van der Waals surface area contributed by atoms with E-state index in [0.717, 1.165) is 24.8 Å². The van der Waals surface area contributed by atoms with E-state index in [4.69, 9.17) is 4.74 Å². The highest BCUT2D eigenvalue weighted by atomic mass is 32.2. The van der Waals surface area contributed by atoms with Crippen LogP contribution in [0, 0.1) is 5.82 Å². The van der Waals surface area contributed by atoms with Crippen LogP contribution < -0.4 is 10.1 Å². The lowest BCUT2D eigenvalue weighted by Crippen LogP contribution is -2.31. The fourth-order valence-electron chi connectivity index (χ4n) is 2.70. The van der Waals surface area contributed by atoms with E-state index in [1.54, 1.807) is 20.0 Å². The summed E-state index contributed by atoms with van der Waals surface area (Å²) >= 11 is 0. The lowest BCUT2D eigenvalue weighted by Gasteiger charge is -2.20. The van der Waals surface area contributed by atoms with Crippen molar-refractivity contribution in [2.45, 2.75) is 32.2 Å². The largest absolute Gasteiger partial charge is 0.493 e. The summed E-state index contributed by atoms with van der Waals surface area (Å²) in [6.45, 7) is 3.42. The first kappa shape index (κ1) is 18.2. The van der Waals surface area contributed by atoms with Crippen LogP contribution in [0.25, 0.3) is 0 Å². The molecule has 1 aromatic rings. The Morgan fingerprint density at radius 2 is 2.22 bits per heavy atom. The molecule has 0 radical (unpaired) electrons. The summed E-state index contributed by atoms with van der Waals surface area (Å²) in [5.41, 5.74) is 0.971. The molecule has 5 nitrogen and oxygen atoms in total. The van der Waals surface area contributed by atoms with Crippen molar-refractivity contribution in [3.05, 3.63) is 29.6 Å². The minimum Gasteiger partial charge on any atom is -0.493 e. The number of nitrogens with one attached hydrogen (secondary N) is 1. The van der Waals surface area contributed by atoms with Crippen molar-refractivity contribution in [2.75, 3.05) is 32.5 Å². The molecule has 0 spiro atoms.